The second kappa shape index (κ2) is 7.17. The number of hydrogen-bond acceptors (Lipinski definition) is 6. The van der Waals surface area contributed by atoms with Crippen LogP contribution < -0.4 is 14.8 Å². The minimum Gasteiger partial charge on any atom is -0.486 e. The number of halogens is 1. The maximum Gasteiger partial charge on any atom is 0.322 e. The van der Waals surface area contributed by atoms with E-state index in [4.69, 9.17) is 13.9 Å². The first-order chi connectivity index (χ1) is 12.7. The molecule has 1 amide bonds. The van der Waals surface area contributed by atoms with Crippen LogP contribution in [-0.2, 0) is 6.42 Å². The normalized spacial score (nSPS) is 12.7. The minimum absolute atomic E-state index is 0.0606. The summed E-state index contributed by atoms with van der Waals surface area (Å²) in [4.78, 5) is 12.2. The Labute approximate surface area is 157 Å². The zero-order chi connectivity index (χ0) is 17.9. The number of nitrogens with one attached hydrogen (secondary N) is 1. The van der Waals surface area contributed by atoms with E-state index in [9.17, 15) is 4.79 Å². The van der Waals surface area contributed by atoms with Crippen molar-refractivity contribution in [2.75, 3.05) is 18.5 Å². The van der Waals surface area contributed by atoms with Crippen molar-refractivity contribution in [1.82, 2.24) is 10.2 Å². The molecule has 0 radical (unpaired) electrons. The smallest absolute Gasteiger partial charge is 0.322 e. The van der Waals surface area contributed by atoms with Gasteiger partial charge in [-0.1, -0.05) is 27.1 Å². The van der Waals surface area contributed by atoms with E-state index in [1.807, 2.05) is 18.2 Å². The zero-order valence-electron chi connectivity index (χ0n) is 13.6. The average Bonchev–Trinajstić information content (AvgIpc) is 3.09. The molecule has 132 valence electrons. The summed E-state index contributed by atoms with van der Waals surface area (Å²) in [5, 5.41) is 10.4. The molecule has 0 spiro atoms. The first-order valence-electron chi connectivity index (χ1n) is 7.95. The molecule has 1 aliphatic heterocycles. The molecule has 2 heterocycles. The Morgan fingerprint density at radius 3 is 2.62 bits per heavy atom. The lowest BCUT2D eigenvalue weighted by Gasteiger charge is -2.18. The number of amides is 1. The second-order valence-corrected chi connectivity index (χ2v) is 6.53. The number of ether oxygens (including phenoxy) is 2. The van der Waals surface area contributed by atoms with E-state index in [1.54, 1.807) is 24.3 Å². The molecule has 8 heteroatoms. The molecule has 0 aliphatic carbocycles. The number of hydrogen-bond donors (Lipinski definition) is 1. The highest BCUT2D eigenvalue weighted by Crippen LogP contribution is 2.31. The lowest BCUT2D eigenvalue weighted by atomic mass is 10.1. The summed E-state index contributed by atoms with van der Waals surface area (Å²) >= 11 is 3.33. The molecule has 3 aromatic rings. The maximum absolute atomic E-state index is 12.2. The van der Waals surface area contributed by atoms with Gasteiger partial charge in [-0.15, -0.1) is 5.10 Å². The lowest BCUT2D eigenvalue weighted by molar-refractivity contribution is 0.102. The standard InChI is InChI=1S/C18H14BrN3O4/c19-13-4-2-12(3-5-13)17(23)20-18-22-21-16(26-18)10-11-1-6-14-15(9-11)25-8-7-24-14/h1-6,9H,7-8,10H2,(H,20,22,23). The van der Waals surface area contributed by atoms with E-state index >= 15 is 0 Å². The summed E-state index contributed by atoms with van der Waals surface area (Å²) in [7, 11) is 0. The van der Waals surface area contributed by atoms with Crippen molar-refractivity contribution in [3.8, 4) is 11.5 Å². The van der Waals surface area contributed by atoms with Crippen LogP contribution in [0, 0.1) is 0 Å². The van der Waals surface area contributed by atoms with Crippen LogP contribution >= 0.6 is 15.9 Å². The van der Waals surface area contributed by atoms with Gasteiger partial charge in [0.05, 0.1) is 6.42 Å². The van der Waals surface area contributed by atoms with Gasteiger partial charge in [-0.05, 0) is 42.0 Å². The van der Waals surface area contributed by atoms with Crippen LogP contribution in [0.3, 0.4) is 0 Å². The van der Waals surface area contributed by atoms with Crippen LogP contribution in [0.25, 0.3) is 0 Å². The molecule has 0 saturated heterocycles. The molecule has 26 heavy (non-hydrogen) atoms. The first kappa shape index (κ1) is 16.6. The molecule has 0 atom stereocenters. The largest absolute Gasteiger partial charge is 0.486 e. The Balaban J connectivity index is 1.43. The van der Waals surface area contributed by atoms with Gasteiger partial charge in [0, 0.05) is 10.0 Å². The minimum atomic E-state index is -0.313. The van der Waals surface area contributed by atoms with Crippen molar-refractivity contribution in [3.63, 3.8) is 0 Å². The third-order valence-corrected chi connectivity index (χ3v) is 4.28. The molecule has 0 fully saturated rings. The highest BCUT2D eigenvalue weighted by molar-refractivity contribution is 9.10. The van der Waals surface area contributed by atoms with Crippen molar-refractivity contribution in [2.45, 2.75) is 6.42 Å². The first-order valence-corrected chi connectivity index (χ1v) is 8.74. The number of carbonyl (C=O) groups excluding carboxylic acids is 1. The van der Waals surface area contributed by atoms with Crippen molar-refractivity contribution in [2.24, 2.45) is 0 Å². The topological polar surface area (TPSA) is 86.5 Å². The molecule has 7 nitrogen and oxygen atoms in total. The summed E-state index contributed by atoms with van der Waals surface area (Å²) in [6.07, 6.45) is 0.428. The van der Waals surface area contributed by atoms with Crippen LogP contribution in [0.1, 0.15) is 21.8 Å². The van der Waals surface area contributed by atoms with Gasteiger partial charge in [0.25, 0.3) is 5.91 Å². The zero-order valence-corrected chi connectivity index (χ0v) is 15.2. The molecule has 0 bridgehead atoms. The van der Waals surface area contributed by atoms with Crippen molar-refractivity contribution < 1.29 is 18.7 Å². The average molecular weight is 416 g/mol. The predicted molar refractivity (Wildman–Crippen MR) is 96.6 cm³/mol. The number of rotatable bonds is 4. The third kappa shape index (κ3) is 3.70. The Morgan fingerprint density at radius 2 is 1.81 bits per heavy atom. The molecule has 1 aliphatic rings. The van der Waals surface area contributed by atoms with E-state index < -0.39 is 0 Å². The highest BCUT2D eigenvalue weighted by Gasteiger charge is 2.15. The fraction of sp³-hybridized carbons (Fsp3) is 0.167. The van der Waals surface area contributed by atoms with Gasteiger partial charge in [-0.2, -0.15) is 0 Å². The van der Waals surface area contributed by atoms with Gasteiger partial charge in [0.2, 0.25) is 5.89 Å². The number of carbonyl (C=O) groups is 1. The SMILES string of the molecule is O=C(Nc1nnc(Cc2ccc3c(c2)OCCO3)o1)c1ccc(Br)cc1. The molecular formula is C18H14BrN3O4. The Hall–Kier alpha value is -2.87. The molecule has 2 aromatic carbocycles. The fourth-order valence-corrected chi connectivity index (χ4v) is 2.78. The lowest BCUT2D eigenvalue weighted by Crippen LogP contribution is -2.15. The second-order valence-electron chi connectivity index (χ2n) is 5.62. The number of aromatic nitrogens is 2. The number of benzene rings is 2. The van der Waals surface area contributed by atoms with Crippen molar-refractivity contribution >= 4 is 27.9 Å². The third-order valence-electron chi connectivity index (χ3n) is 3.76. The Bertz CT molecular complexity index is 940. The van der Waals surface area contributed by atoms with Crippen molar-refractivity contribution in [3.05, 3.63) is 64.0 Å². The molecular weight excluding hydrogens is 402 g/mol. The van der Waals surface area contributed by atoms with E-state index in [0.29, 0.717) is 36.8 Å². The molecule has 1 N–H and O–H groups in total. The van der Waals surface area contributed by atoms with E-state index in [-0.39, 0.29) is 11.9 Å². The van der Waals surface area contributed by atoms with Crippen LogP contribution in [0.5, 0.6) is 11.5 Å². The summed E-state index contributed by atoms with van der Waals surface area (Å²) in [5.41, 5.74) is 1.45. The van der Waals surface area contributed by atoms with Crippen LogP contribution in [0.2, 0.25) is 0 Å². The Kier molecular flexibility index (Phi) is 4.57. The van der Waals surface area contributed by atoms with E-state index in [0.717, 1.165) is 15.8 Å². The quantitative estimate of drug-likeness (QED) is 0.701. The van der Waals surface area contributed by atoms with E-state index in [2.05, 4.69) is 31.4 Å². The predicted octanol–water partition coefficient (Wildman–Crippen LogP) is 3.45. The number of nitrogens with zero attached hydrogens (tertiary/aromatic N) is 2. The summed E-state index contributed by atoms with van der Waals surface area (Å²) in [6.45, 7) is 1.08. The summed E-state index contributed by atoms with van der Waals surface area (Å²) < 4.78 is 17.5. The van der Waals surface area contributed by atoms with Gasteiger partial charge in [0.15, 0.2) is 11.5 Å². The molecule has 0 saturated carbocycles. The fourth-order valence-electron chi connectivity index (χ4n) is 2.52. The number of anilines is 1. The maximum atomic E-state index is 12.2. The summed E-state index contributed by atoms with van der Waals surface area (Å²) in [5.74, 6) is 1.52. The molecule has 4 rings (SSSR count). The van der Waals surface area contributed by atoms with E-state index in [1.165, 1.54) is 0 Å². The monoisotopic (exact) mass is 415 g/mol. The van der Waals surface area contributed by atoms with Crippen LogP contribution in [-0.4, -0.2) is 29.3 Å². The van der Waals surface area contributed by atoms with Crippen LogP contribution in [0.15, 0.2) is 51.4 Å². The molecule has 1 aromatic heterocycles. The number of fused-ring (bicyclic) bond motifs is 1. The van der Waals surface area contributed by atoms with Gasteiger partial charge < -0.3 is 13.9 Å². The van der Waals surface area contributed by atoms with Crippen LogP contribution in [0.4, 0.5) is 6.01 Å². The Morgan fingerprint density at radius 1 is 1.04 bits per heavy atom. The van der Waals surface area contributed by atoms with Gasteiger partial charge in [-0.3, -0.25) is 10.1 Å². The van der Waals surface area contributed by atoms with Gasteiger partial charge >= 0.3 is 6.01 Å². The van der Waals surface area contributed by atoms with Gasteiger partial charge in [0.1, 0.15) is 13.2 Å². The van der Waals surface area contributed by atoms with Crippen molar-refractivity contribution in [1.29, 1.82) is 0 Å². The molecule has 0 unspecified atom stereocenters. The van der Waals surface area contributed by atoms with Gasteiger partial charge in [-0.25, -0.2) is 0 Å². The highest BCUT2D eigenvalue weighted by atomic mass is 79.9. The summed E-state index contributed by atoms with van der Waals surface area (Å²) in [6, 6.07) is 12.7.